The van der Waals surface area contributed by atoms with Gasteiger partial charge in [-0.3, -0.25) is 0 Å². The van der Waals surface area contributed by atoms with E-state index in [0.29, 0.717) is 5.56 Å². The Kier molecular flexibility index (Phi) is 6.75. The molecule has 328 valence electrons. The number of thiophene rings is 1. The maximum Gasteiger partial charge on any atom is 0.264 e. The van der Waals surface area contributed by atoms with E-state index in [2.05, 4.69) is 216 Å². The Labute approximate surface area is 421 Å². The quantitative estimate of drug-likeness (QED) is 0.159. The molecule has 4 aliphatic carbocycles. The number of fused-ring (bicyclic) bond motifs is 25. The molecule has 10 aromatic carbocycles. The van der Waals surface area contributed by atoms with E-state index in [4.69, 9.17) is 4.11 Å². The highest BCUT2D eigenvalue weighted by Crippen LogP contribution is 2.68. The van der Waals surface area contributed by atoms with Crippen molar-refractivity contribution >= 4 is 67.9 Å². The molecule has 0 bridgehead atoms. The van der Waals surface area contributed by atoms with Crippen molar-refractivity contribution in [2.45, 2.75) is 17.7 Å². The van der Waals surface area contributed by atoms with Gasteiger partial charge in [-0.05, 0) is 138 Å². The zero-order valence-corrected chi connectivity index (χ0v) is 39.1. The lowest BCUT2D eigenvalue weighted by Gasteiger charge is -2.44. The van der Waals surface area contributed by atoms with Gasteiger partial charge < -0.3 is 9.80 Å². The summed E-state index contributed by atoms with van der Waals surface area (Å²) in [4.78, 5) is 6.37. The van der Waals surface area contributed by atoms with Crippen LogP contribution in [0.3, 0.4) is 0 Å². The number of para-hydroxylation sites is 1. The molecule has 0 saturated heterocycles. The fraction of sp³-hybridized carbons (Fsp3) is 0.0448. The summed E-state index contributed by atoms with van der Waals surface area (Å²) in [7, 11) is 0. The molecule has 17 rings (SSSR count). The number of anilines is 6. The molecule has 0 atom stereocenters. The second-order valence-electron chi connectivity index (χ2n) is 19.9. The lowest BCUT2D eigenvalue weighted by Crippen LogP contribution is -2.60. The molecule has 4 heteroatoms. The van der Waals surface area contributed by atoms with Crippen LogP contribution in [0.25, 0.3) is 44.5 Å². The molecule has 0 saturated carbocycles. The van der Waals surface area contributed by atoms with Gasteiger partial charge in [0.25, 0.3) is 6.71 Å². The highest BCUT2D eigenvalue weighted by Gasteiger charge is 2.58. The van der Waals surface area contributed by atoms with Crippen molar-refractivity contribution in [2.24, 2.45) is 0 Å². The van der Waals surface area contributed by atoms with Crippen LogP contribution in [0.2, 0.25) is 0 Å². The number of hydrogen-bond acceptors (Lipinski definition) is 3. The molecule has 3 heterocycles. The normalized spacial score (nSPS) is 16.1. The average molecular weight is 920 g/mol. The average Bonchev–Trinajstić information content (AvgIpc) is 4.40. The zero-order chi connectivity index (χ0) is 48.8. The Morgan fingerprint density at radius 2 is 0.859 bits per heavy atom. The van der Waals surface area contributed by atoms with Crippen molar-refractivity contribution in [3.63, 3.8) is 0 Å². The van der Waals surface area contributed by atoms with Gasteiger partial charge in [0.2, 0.25) is 0 Å². The van der Waals surface area contributed by atoms with Gasteiger partial charge in [-0.1, -0.05) is 194 Å². The summed E-state index contributed by atoms with van der Waals surface area (Å²) in [5.74, 6) is 0. The summed E-state index contributed by atoms with van der Waals surface area (Å²) >= 11 is 2.00. The van der Waals surface area contributed by atoms with E-state index < -0.39 is 17.7 Å². The molecular weight excluding hydrogens is 876 g/mol. The first-order chi connectivity index (χ1) is 36.4. The van der Waals surface area contributed by atoms with Crippen molar-refractivity contribution in [1.29, 1.82) is 0 Å². The van der Waals surface area contributed by atoms with Crippen LogP contribution >= 0.6 is 11.3 Å². The number of rotatable bonds is 2. The van der Waals surface area contributed by atoms with Gasteiger partial charge in [-0.2, -0.15) is 0 Å². The maximum atomic E-state index is 8.38. The van der Waals surface area contributed by atoms with Crippen LogP contribution in [0.5, 0.6) is 0 Å². The van der Waals surface area contributed by atoms with Crippen LogP contribution < -0.4 is 25.5 Å². The van der Waals surface area contributed by atoms with Crippen LogP contribution in [0.1, 0.15) is 53.5 Å². The first-order valence-corrected chi connectivity index (χ1v) is 25.5. The largest absolute Gasteiger partial charge is 0.311 e. The zero-order valence-electron chi connectivity index (χ0n) is 41.3. The van der Waals surface area contributed by atoms with E-state index >= 15 is 0 Å². The maximum absolute atomic E-state index is 8.38. The van der Waals surface area contributed by atoms with E-state index in [1.807, 2.05) is 23.5 Å². The number of hydrogen-bond donors (Lipinski definition) is 0. The molecule has 11 aromatic rings. The minimum absolute atomic E-state index is 0.145. The van der Waals surface area contributed by atoms with Gasteiger partial charge in [-0.25, -0.2) is 0 Å². The summed E-state index contributed by atoms with van der Waals surface area (Å²) in [6, 6.07) is 85.1. The highest BCUT2D eigenvalue weighted by atomic mass is 32.1. The van der Waals surface area contributed by atoms with E-state index in [-0.39, 0.29) is 6.71 Å². The van der Waals surface area contributed by atoms with Crippen molar-refractivity contribution in [3.05, 3.63) is 280 Å². The third kappa shape index (κ3) is 4.45. The molecule has 0 radical (unpaired) electrons. The van der Waals surface area contributed by atoms with Gasteiger partial charge in [0.05, 0.1) is 16.5 Å². The predicted octanol–water partition coefficient (Wildman–Crippen LogP) is 14.8. The second kappa shape index (κ2) is 13.5. The molecule has 2 nitrogen and oxygen atoms in total. The fourth-order valence-electron chi connectivity index (χ4n) is 14.5. The van der Waals surface area contributed by atoms with Gasteiger partial charge in [0.1, 0.15) is 0 Å². The van der Waals surface area contributed by atoms with Gasteiger partial charge in [0.15, 0.2) is 0 Å². The Bertz CT molecular complexity index is 4200. The van der Waals surface area contributed by atoms with Crippen LogP contribution in [-0.4, -0.2) is 6.71 Å². The van der Waals surface area contributed by atoms with Crippen LogP contribution in [-0.2, 0) is 10.8 Å². The Morgan fingerprint density at radius 1 is 0.394 bits per heavy atom. The first-order valence-electron chi connectivity index (χ1n) is 26.2. The van der Waals surface area contributed by atoms with E-state index in [1.54, 1.807) is 12.1 Å². The minimum Gasteiger partial charge on any atom is -0.311 e. The van der Waals surface area contributed by atoms with Gasteiger partial charge in [0, 0.05) is 47.8 Å². The fourth-order valence-corrected chi connectivity index (χ4v) is 16.2. The standard InChI is InChI=1S/C67H41BN2S/c1-40-34-36-42(37-35-40)69-58-32-17-33-59-62(58)68(57-38-49-47-24-9-13-28-52(47)66(56(49)39-60(57)69)50-26-11-5-20-43(50)44-21-6-12-27-51(44)66)65-63(70(59)41-18-3-2-4-19-41)61-48-25-10-16-31-55(48)67(64(61)71-65)53-29-14-7-22-45(53)46-23-8-15-30-54(46)67/h2-39H,1H3/i1D3. The summed E-state index contributed by atoms with van der Waals surface area (Å²) < 4.78 is 26.5. The minimum atomic E-state index is -2.24. The Morgan fingerprint density at radius 3 is 1.42 bits per heavy atom. The topological polar surface area (TPSA) is 6.48 Å². The summed E-state index contributed by atoms with van der Waals surface area (Å²) in [5.41, 5.74) is 27.7. The molecule has 2 aliphatic heterocycles. The summed E-state index contributed by atoms with van der Waals surface area (Å²) in [5, 5.41) is 0. The molecular formula is C67H41BN2S. The summed E-state index contributed by atoms with van der Waals surface area (Å²) in [6.07, 6.45) is 0. The molecule has 71 heavy (non-hydrogen) atoms. The van der Waals surface area contributed by atoms with Gasteiger partial charge >= 0.3 is 0 Å². The molecule has 1 aromatic heterocycles. The van der Waals surface area contributed by atoms with Crippen molar-refractivity contribution in [1.82, 2.24) is 0 Å². The van der Waals surface area contributed by atoms with Crippen LogP contribution in [0, 0.1) is 6.85 Å². The third-order valence-electron chi connectivity index (χ3n) is 17.0. The highest BCUT2D eigenvalue weighted by molar-refractivity contribution is 7.30. The first kappa shape index (κ1) is 35.6. The predicted molar refractivity (Wildman–Crippen MR) is 296 cm³/mol. The van der Waals surface area contributed by atoms with E-state index in [1.165, 1.54) is 110 Å². The molecule has 0 N–H and O–H groups in total. The van der Waals surface area contributed by atoms with Crippen LogP contribution in [0.4, 0.5) is 34.1 Å². The van der Waals surface area contributed by atoms with Crippen molar-refractivity contribution in [3.8, 4) is 44.5 Å². The van der Waals surface area contributed by atoms with Crippen molar-refractivity contribution < 1.29 is 4.11 Å². The third-order valence-corrected chi connectivity index (χ3v) is 18.3. The lowest BCUT2D eigenvalue weighted by atomic mass is 9.36. The van der Waals surface area contributed by atoms with E-state index in [0.717, 1.165) is 28.4 Å². The number of benzene rings is 10. The molecule has 0 unspecified atom stereocenters. The SMILES string of the molecule is [2H]C([2H])([2H])c1ccc(N2c3cc4c(cc3B3c5sc6c(c5N(c5ccccc5)c5cccc2c53)-c2ccccc2C62c3ccccc3-c3ccccc32)-c2ccccc2C42c3ccccc3-c3ccccc32)cc1. The monoisotopic (exact) mass is 919 g/mol. The molecule has 6 aliphatic rings. The second-order valence-corrected chi connectivity index (χ2v) is 21.0. The van der Waals surface area contributed by atoms with Crippen molar-refractivity contribution in [2.75, 3.05) is 9.80 Å². The Balaban J connectivity index is 1.02. The summed E-state index contributed by atoms with van der Waals surface area (Å²) in [6.45, 7) is -2.38. The number of aryl methyl sites for hydroxylation is 1. The smallest absolute Gasteiger partial charge is 0.264 e. The molecule has 0 amide bonds. The van der Waals surface area contributed by atoms with E-state index in [9.17, 15) is 0 Å². The Hall–Kier alpha value is -8.44. The van der Waals surface area contributed by atoms with Crippen LogP contribution in [0.15, 0.2) is 231 Å². The lowest BCUT2D eigenvalue weighted by molar-refractivity contribution is 0.794. The van der Waals surface area contributed by atoms with Gasteiger partial charge in [-0.15, -0.1) is 11.3 Å². The molecule has 2 spiro atoms. The molecule has 0 fully saturated rings. The number of nitrogens with zero attached hydrogens (tertiary/aromatic N) is 2.